The molecule has 0 atom stereocenters. The van der Waals surface area contributed by atoms with Crippen LogP contribution in [0.4, 0.5) is 11.4 Å². The van der Waals surface area contributed by atoms with Crippen LogP contribution in [0.2, 0.25) is 0 Å². The van der Waals surface area contributed by atoms with E-state index in [0.717, 1.165) is 45.3 Å². The van der Waals surface area contributed by atoms with E-state index in [9.17, 15) is 0 Å². The Hall–Kier alpha value is -6.64. The van der Waals surface area contributed by atoms with Gasteiger partial charge in [-0.05, 0) is 106 Å². The Morgan fingerprint density at radius 2 is 1.00 bits per heavy atom. The number of hydrogen-bond donors (Lipinski definition) is 0. The van der Waals surface area contributed by atoms with Crippen LogP contribution in [0.3, 0.4) is 0 Å². The molecule has 0 amide bonds. The predicted octanol–water partition coefficient (Wildman–Crippen LogP) is 13.8. The molecule has 55 heavy (non-hydrogen) atoms. The van der Waals surface area contributed by atoms with Gasteiger partial charge < -0.3 is 9.64 Å². The fourth-order valence-electron chi connectivity index (χ4n) is 9.43. The average Bonchev–Trinajstić information content (AvgIpc) is 3.64. The molecule has 1 aliphatic heterocycles. The fourth-order valence-corrected chi connectivity index (χ4v) is 9.43. The zero-order valence-corrected chi connectivity index (χ0v) is 31.3. The van der Waals surface area contributed by atoms with Crippen molar-refractivity contribution in [3.8, 4) is 33.8 Å². The van der Waals surface area contributed by atoms with Crippen molar-refractivity contribution in [1.29, 1.82) is 0 Å². The number of rotatable bonds is 6. The third kappa shape index (κ3) is 4.95. The monoisotopic (exact) mass is 707 g/mol. The Labute approximate surface area is 324 Å². The number of benzene rings is 7. The zero-order chi connectivity index (χ0) is 37.1. The van der Waals surface area contributed by atoms with Gasteiger partial charge in [0.25, 0.3) is 0 Å². The van der Waals surface area contributed by atoms with Crippen molar-refractivity contribution in [2.75, 3.05) is 4.90 Å². The second-order valence-electron chi connectivity index (χ2n) is 15.2. The molecule has 0 saturated heterocycles. The van der Waals surface area contributed by atoms with E-state index in [1.807, 2.05) is 0 Å². The molecule has 7 aromatic rings. The molecule has 7 aromatic carbocycles. The van der Waals surface area contributed by atoms with Crippen molar-refractivity contribution >= 4 is 17.5 Å². The third-order valence-electron chi connectivity index (χ3n) is 11.9. The molecule has 1 spiro atoms. The van der Waals surface area contributed by atoms with E-state index in [-0.39, 0.29) is 5.41 Å². The molecule has 0 saturated carbocycles. The van der Waals surface area contributed by atoms with Gasteiger partial charge >= 0.3 is 0 Å². The molecule has 0 bridgehead atoms. The molecule has 0 fully saturated rings. The molecule has 0 radical (unpaired) electrons. The maximum atomic E-state index is 6.65. The summed E-state index contributed by atoms with van der Waals surface area (Å²) in [6.07, 6.45) is 10.8. The van der Waals surface area contributed by atoms with E-state index in [4.69, 9.17) is 4.74 Å². The first-order valence-corrected chi connectivity index (χ1v) is 19.2. The molecule has 2 aliphatic carbocycles. The standard InChI is InChI=1S/C53H41NO/c1-4-5-7-20-37(33-36-18-8-6-9-19-36)54(38-29-31-42-40-21-10-12-23-44(40)52(2,3)48(42)34-38)39-30-32-43-41-22-11-13-24-45(41)53(49(43)35-39)46-25-14-16-27-50(46)55-51-28-17-15-26-47(51)53/h4-35H,1-3H3/b5-4-,20-7-,37-33?. The summed E-state index contributed by atoms with van der Waals surface area (Å²) in [6, 6.07) is 59.8. The first-order chi connectivity index (χ1) is 27.0. The smallest absolute Gasteiger partial charge is 0.132 e. The van der Waals surface area contributed by atoms with Gasteiger partial charge in [-0.2, -0.15) is 0 Å². The van der Waals surface area contributed by atoms with E-state index in [0.29, 0.717) is 0 Å². The molecular formula is C53H41NO. The van der Waals surface area contributed by atoms with Crippen molar-refractivity contribution in [1.82, 2.24) is 0 Å². The molecule has 1 heterocycles. The summed E-state index contributed by atoms with van der Waals surface area (Å²) in [5.41, 5.74) is 16.4. The Morgan fingerprint density at radius 3 is 1.65 bits per heavy atom. The maximum Gasteiger partial charge on any atom is 0.132 e. The van der Waals surface area contributed by atoms with Gasteiger partial charge in [-0.25, -0.2) is 0 Å². The lowest BCUT2D eigenvalue weighted by Crippen LogP contribution is -2.32. The van der Waals surface area contributed by atoms with Crippen LogP contribution < -0.4 is 9.64 Å². The van der Waals surface area contributed by atoms with Gasteiger partial charge in [0.05, 0.1) is 5.41 Å². The number of nitrogens with zero attached hydrogens (tertiary/aromatic N) is 1. The second kappa shape index (κ2) is 12.7. The number of para-hydroxylation sites is 2. The Kier molecular flexibility index (Phi) is 7.64. The topological polar surface area (TPSA) is 12.5 Å². The summed E-state index contributed by atoms with van der Waals surface area (Å²) in [6.45, 7) is 6.77. The van der Waals surface area contributed by atoms with E-state index < -0.39 is 5.41 Å². The lowest BCUT2D eigenvalue weighted by molar-refractivity contribution is 0.436. The number of anilines is 2. The van der Waals surface area contributed by atoms with Gasteiger partial charge in [0, 0.05) is 33.6 Å². The van der Waals surface area contributed by atoms with Crippen molar-refractivity contribution < 1.29 is 4.74 Å². The minimum atomic E-state index is -0.565. The highest BCUT2D eigenvalue weighted by Crippen LogP contribution is 2.62. The predicted molar refractivity (Wildman–Crippen MR) is 228 cm³/mol. The van der Waals surface area contributed by atoms with Gasteiger partial charge in [-0.15, -0.1) is 0 Å². The molecular weight excluding hydrogens is 667 g/mol. The molecule has 10 rings (SSSR count). The van der Waals surface area contributed by atoms with Crippen LogP contribution in [0.15, 0.2) is 194 Å². The van der Waals surface area contributed by atoms with Crippen LogP contribution in [-0.4, -0.2) is 0 Å². The molecule has 0 N–H and O–H groups in total. The number of fused-ring (bicyclic) bond motifs is 12. The van der Waals surface area contributed by atoms with Gasteiger partial charge in [-0.3, -0.25) is 0 Å². The molecule has 0 unspecified atom stereocenters. The summed E-state index contributed by atoms with van der Waals surface area (Å²) in [7, 11) is 0. The van der Waals surface area contributed by atoms with Crippen molar-refractivity contribution in [2.24, 2.45) is 0 Å². The summed E-state index contributed by atoms with van der Waals surface area (Å²) in [4.78, 5) is 2.44. The van der Waals surface area contributed by atoms with Gasteiger partial charge in [0.2, 0.25) is 0 Å². The van der Waals surface area contributed by atoms with E-state index >= 15 is 0 Å². The highest BCUT2D eigenvalue weighted by atomic mass is 16.5. The minimum Gasteiger partial charge on any atom is -0.457 e. The molecule has 2 heteroatoms. The van der Waals surface area contributed by atoms with Gasteiger partial charge in [0.15, 0.2) is 0 Å². The lowest BCUT2D eigenvalue weighted by Gasteiger charge is -2.39. The van der Waals surface area contributed by atoms with Crippen LogP contribution in [0, 0.1) is 0 Å². The van der Waals surface area contributed by atoms with Gasteiger partial charge in [-0.1, -0.05) is 159 Å². The molecule has 264 valence electrons. The summed E-state index contributed by atoms with van der Waals surface area (Å²) in [5, 5.41) is 0. The van der Waals surface area contributed by atoms with Crippen molar-refractivity contribution in [2.45, 2.75) is 31.6 Å². The normalized spacial score (nSPS) is 15.2. The maximum absolute atomic E-state index is 6.65. The molecule has 2 nitrogen and oxygen atoms in total. The number of hydrogen-bond acceptors (Lipinski definition) is 2. The lowest BCUT2D eigenvalue weighted by atomic mass is 9.66. The SMILES string of the molecule is C/C=C\C=C/C(=Cc1ccccc1)N(c1ccc2c(c1)C(C)(C)c1ccccc1-2)c1ccc2c(c1)C1(c3ccccc3Oc3ccccc31)c1ccccc1-2. The highest BCUT2D eigenvalue weighted by Gasteiger charge is 2.51. The van der Waals surface area contributed by atoms with Crippen LogP contribution in [0.5, 0.6) is 11.5 Å². The molecule has 3 aliphatic rings. The quantitative estimate of drug-likeness (QED) is 0.160. The summed E-state index contributed by atoms with van der Waals surface area (Å²) < 4.78 is 6.65. The first kappa shape index (κ1) is 33.0. The van der Waals surface area contributed by atoms with Crippen LogP contribution in [0.25, 0.3) is 28.3 Å². The zero-order valence-electron chi connectivity index (χ0n) is 31.3. The van der Waals surface area contributed by atoms with Gasteiger partial charge in [0.1, 0.15) is 11.5 Å². The largest absolute Gasteiger partial charge is 0.457 e. The third-order valence-corrected chi connectivity index (χ3v) is 11.9. The van der Waals surface area contributed by atoms with E-state index in [2.05, 4.69) is 220 Å². The van der Waals surface area contributed by atoms with E-state index in [1.54, 1.807) is 0 Å². The van der Waals surface area contributed by atoms with Crippen LogP contribution in [-0.2, 0) is 10.8 Å². The van der Waals surface area contributed by atoms with Crippen molar-refractivity contribution in [3.05, 3.63) is 233 Å². The minimum absolute atomic E-state index is 0.142. The number of ether oxygens (including phenoxy) is 1. The molecule has 0 aromatic heterocycles. The summed E-state index contributed by atoms with van der Waals surface area (Å²) in [5.74, 6) is 1.79. The van der Waals surface area contributed by atoms with Crippen molar-refractivity contribution in [3.63, 3.8) is 0 Å². The van der Waals surface area contributed by atoms with E-state index in [1.165, 1.54) is 44.5 Å². The fraction of sp³-hybridized carbons (Fsp3) is 0.0943. The Morgan fingerprint density at radius 1 is 0.491 bits per heavy atom. The van der Waals surface area contributed by atoms with Crippen LogP contribution in [0.1, 0.15) is 59.7 Å². The van der Waals surface area contributed by atoms with Crippen LogP contribution >= 0.6 is 0 Å². The second-order valence-corrected chi connectivity index (χ2v) is 15.2. The Bertz CT molecular complexity index is 2680. The Balaban J connectivity index is 1.26. The highest BCUT2D eigenvalue weighted by molar-refractivity contribution is 5.91. The number of allylic oxidation sites excluding steroid dienone is 4. The first-order valence-electron chi connectivity index (χ1n) is 19.2. The average molecular weight is 708 g/mol. The summed E-state index contributed by atoms with van der Waals surface area (Å²) >= 11 is 0.